The van der Waals surface area contributed by atoms with E-state index >= 15 is 0 Å². The zero-order valence-corrected chi connectivity index (χ0v) is 27.3. The molecule has 46 heavy (non-hydrogen) atoms. The van der Waals surface area contributed by atoms with Gasteiger partial charge in [0.25, 0.3) is 5.91 Å². The van der Waals surface area contributed by atoms with Crippen molar-refractivity contribution in [3.63, 3.8) is 0 Å². The predicted octanol–water partition coefficient (Wildman–Crippen LogP) is 3.99. The highest BCUT2D eigenvalue weighted by Crippen LogP contribution is 2.25. The van der Waals surface area contributed by atoms with Crippen molar-refractivity contribution in [2.24, 2.45) is 0 Å². The molecular formula is C33H43N5O8. The third-order valence-electron chi connectivity index (χ3n) is 6.47. The van der Waals surface area contributed by atoms with Gasteiger partial charge in [-0.25, -0.2) is 14.6 Å². The van der Waals surface area contributed by atoms with Gasteiger partial charge in [0.2, 0.25) is 5.91 Å². The number of alkyl carbamates (subject to hydrolysis) is 1. The predicted molar refractivity (Wildman–Crippen MR) is 170 cm³/mol. The summed E-state index contributed by atoms with van der Waals surface area (Å²) in [6, 6.07) is 14.2. The molecule has 0 bridgehead atoms. The number of imidazole rings is 1. The number of benzene rings is 2. The lowest BCUT2D eigenvalue weighted by Crippen LogP contribution is -2.59. The first-order valence-electron chi connectivity index (χ1n) is 14.8. The Morgan fingerprint density at radius 1 is 0.978 bits per heavy atom. The molecule has 248 valence electrons. The maximum absolute atomic E-state index is 13.5. The molecule has 3 aromatic rings. The van der Waals surface area contributed by atoms with Crippen LogP contribution in [0, 0.1) is 0 Å². The molecule has 1 aromatic heterocycles. The summed E-state index contributed by atoms with van der Waals surface area (Å²) in [5.41, 5.74) is -0.744. The Bertz CT molecular complexity index is 1480. The Hall–Kier alpha value is -4.91. The molecule has 3 N–H and O–H groups in total. The molecule has 0 aliphatic rings. The number of methoxy groups -OCH3 is 1. The van der Waals surface area contributed by atoms with Gasteiger partial charge in [0.05, 0.1) is 33.3 Å². The van der Waals surface area contributed by atoms with E-state index in [-0.39, 0.29) is 25.6 Å². The van der Waals surface area contributed by atoms with Gasteiger partial charge in [-0.15, -0.1) is 0 Å². The third-order valence-corrected chi connectivity index (χ3v) is 6.47. The third kappa shape index (κ3) is 10.6. The maximum atomic E-state index is 13.5. The van der Waals surface area contributed by atoms with E-state index < -0.39 is 47.1 Å². The number of nitrogens with zero attached hydrogens (tertiary/aromatic N) is 2. The number of hydrogen-bond donors (Lipinski definition) is 3. The second-order valence-electron chi connectivity index (χ2n) is 11.9. The Labute approximate surface area is 269 Å². The maximum Gasteiger partial charge on any atom is 0.408 e. The van der Waals surface area contributed by atoms with Gasteiger partial charge >= 0.3 is 12.1 Å². The zero-order chi connectivity index (χ0) is 33.9. The topological polar surface area (TPSA) is 159 Å². The number of anilines is 1. The zero-order valence-electron chi connectivity index (χ0n) is 27.3. The molecule has 2 atom stereocenters. The van der Waals surface area contributed by atoms with E-state index in [1.165, 1.54) is 38.0 Å². The van der Waals surface area contributed by atoms with E-state index in [0.29, 0.717) is 11.3 Å². The lowest BCUT2D eigenvalue weighted by molar-refractivity contribution is -0.145. The standard InChI is InChI=1S/C33H43N5O8/c1-8-45-29(40)27(23-15-12-16-24(17-23)43-7)38-18-26(34-21-38)36-28(39)25(20-44-19-22-13-10-9-11-14-22)35-30(41)33(5,6)37-31(42)46-32(2,3)4/h9-18,21,25,27H,8,19-20H2,1-7H3,(H,35,41)(H,36,39)(H,37,42)/t25-,27?/m1/s1. The minimum atomic E-state index is -1.44. The van der Waals surface area contributed by atoms with Gasteiger partial charge in [-0.1, -0.05) is 42.5 Å². The fourth-order valence-corrected chi connectivity index (χ4v) is 4.22. The number of rotatable bonds is 14. The lowest BCUT2D eigenvalue weighted by Gasteiger charge is -2.29. The van der Waals surface area contributed by atoms with E-state index in [4.69, 9.17) is 18.9 Å². The molecule has 3 rings (SSSR count). The van der Waals surface area contributed by atoms with E-state index in [1.807, 2.05) is 30.3 Å². The number of carbonyl (C=O) groups excluding carboxylic acids is 4. The first kappa shape index (κ1) is 35.6. The summed E-state index contributed by atoms with van der Waals surface area (Å²) in [6.45, 7) is 9.97. The molecule has 0 saturated heterocycles. The van der Waals surface area contributed by atoms with Crippen molar-refractivity contribution in [1.29, 1.82) is 0 Å². The smallest absolute Gasteiger partial charge is 0.408 e. The van der Waals surface area contributed by atoms with Crippen LogP contribution in [-0.2, 0) is 35.2 Å². The van der Waals surface area contributed by atoms with Crippen LogP contribution in [-0.4, -0.2) is 70.9 Å². The Balaban J connectivity index is 1.80. The lowest BCUT2D eigenvalue weighted by atomic mass is 10.0. The van der Waals surface area contributed by atoms with Gasteiger partial charge < -0.3 is 39.5 Å². The molecule has 0 fully saturated rings. The van der Waals surface area contributed by atoms with Crippen LogP contribution >= 0.6 is 0 Å². The molecule has 0 saturated carbocycles. The number of aromatic nitrogens is 2. The Morgan fingerprint density at radius 3 is 2.35 bits per heavy atom. The molecular weight excluding hydrogens is 594 g/mol. The summed E-state index contributed by atoms with van der Waals surface area (Å²) in [4.78, 5) is 56.5. The number of amides is 3. The fourth-order valence-electron chi connectivity index (χ4n) is 4.22. The van der Waals surface area contributed by atoms with Crippen LogP contribution in [0.3, 0.4) is 0 Å². The molecule has 0 aliphatic carbocycles. The highest BCUT2D eigenvalue weighted by molar-refractivity contribution is 5.98. The normalized spacial score (nSPS) is 12.8. The first-order valence-corrected chi connectivity index (χ1v) is 14.8. The monoisotopic (exact) mass is 637 g/mol. The van der Waals surface area contributed by atoms with Crippen molar-refractivity contribution in [3.8, 4) is 5.75 Å². The summed E-state index contributed by atoms with van der Waals surface area (Å²) >= 11 is 0. The summed E-state index contributed by atoms with van der Waals surface area (Å²) < 4.78 is 23.2. The van der Waals surface area contributed by atoms with E-state index in [1.54, 1.807) is 52.0 Å². The second-order valence-corrected chi connectivity index (χ2v) is 11.9. The van der Waals surface area contributed by atoms with E-state index in [2.05, 4.69) is 20.9 Å². The molecule has 2 aromatic carbocycles. The summed E-state index contributed by atoms with van der Waals surface area (Å²) in [7, 11) is 1.52. The molecule has 0 aliphatic heterocycles. The average Bonchev–Trinajstić information content (AvgIpc) is 3.43. The van der Waals surface area contributed by atoms with Gasteiger partial charge in [-0.2, -0.15) is 0 Å². The van der Waals surface area contributed by atoms with Crippen molar-refractivity contribution in [2.75, 3.05) is 25.6 Å². The minimum absolute atomic E-state index is 0.121. The van der Waals surface area contributed by atoms with Gasteiger partial charge in [0, 0.05) is 6.20 Å². The quantitative estimate of drug-likeness (QED) is 0.222. The van der Waals surface area contributed by atoms with Crippen molar-refractivity contribution in [1.82, 2.24) is 20.2 Å². The summed E-state index contributed by atoms with van der Waals surface area (Å²) in [6.07, 6.45) is 2.09. The molecule has 3 amide bonds. The summed E-state index contributed by atoms with van der Waals surface area (Å²) in [5.74, 6) is -1.12. The molecule has 1 heterocycles. The highest BCUT2D eigenvalue weighted by Gasteiger charge is 2.35. The van der Waals surface area contributed by atoms with Gasteiger partial charge in [0.1, 0.15) is 22.9 Å². The second kappa shape index (κ2) is 15.9. The van der Waals surface area contributed by atoms with Crippen molar-refractivity contribution in [2.45, 2.75) is 71.4 Å². The molecule has 1 unspecified atom stereocenters. The Morgan fingerprint density at radius 2 is 1.70 bits per heavy atom. The van der Waals surface area contributed by atoms with Crippen LogP contribution in [0.2, 0.25) is 0 Å². The molecule has 13 nitrogen and oxygen atoms in total. The average molecular weight is 638 g/mol. The van der Waals surface area contributed by atoms with E-state index in [9.17, 15) is 19.2 Å². The number of nitrogens with one attached hydrogen (secondary N) is 3. The minimum Gasteiger partial charge on any atom is -0.497 e. The SMILES string of the molecule is CCOC(=O)C(c1cccc(OC)c1)n1cnc(NC(=O)[C@@H](COCc2ccccc2)NC(=O)C(C)(C)NC(=O)OC(C)(C)C)c1. The van der Waals surface area contributed by atoms with Crippen molar-refractivity contribution in [3.05, 3.63) is 78.2 Å². The number of esters is 1. The summed E-state index contributed by atoms with van der Waals surface area (Å²) in [5, 5.41) is 7.89. The van der Waals surface area contributed by atoms with Crippen molar-refractivity contribution < 1.29 is 38.1 Å². The van der Waals surface area contributed by atoms with Crippen LogP contribution in [0.15, 0.2) is 67.1 Å². The van der Waals surface area contributed by atoms with Crippen LogP contribution in [0.5, 0.6) is 5.75 Å². The molecule has 13 heteroatoms. The van der Waals surface area contributed by atoms with Crippen LogP contribution in [0.25, 0.3) is 0 Å². The van der Waals surface area contributed by atoms with Gasteiger partial charge in [-0.3, -0.25) is 9.59 Å². The van der Waals surface area contributed by atoms with E-state index in [0.717, 1.165) is 5.56 Å². The number of hydrogen-bond acceptors (Lipinski definition) is 9. The highest BCUT2D eigenvalue weighted by atomic mass is 16.6. The van der Waals surface area contributed by atoms with Crippen LogP contribution in [0.4, 0.5) is 10.6 Å². The first-order chi connectivity index (χ1) is 21.7. The van der Waals surface area contributed by atoms with Gasteiger partial charge in [-0.05, 0) is 64.8 Å². The van der Waals surface area contributed by atoms with Crippen LogP contribution in [0.1, 0.15) is 58.7 Å². The van der Waals surface area contributed by atoms with Crippen LogP contribution < -0.4 is 20.7 Å². The number of ether oxygens (including phenoxy) is 4. The molecule has 0 spiro atoms. The fraction of sp³-hybridized carbons (Fsp3) is 0.424. The Kier molecular flexibility index (Phi) is 12.3. The van der Waals surface area contributed by atoms with Gasteiger partial charge in [0.15, 0.2) is 11.9 Å². The van der Waals surface area contributed by atoms with Crippen molar-refractivity contribution >= 4 is 29.7 Å². The molecule has 0 radical (unpaired) electrons. The number of carbonyl (C=O) groups is 4. The largest absolute Gasteiger partial charge is 0.497 e.